The summed E-state index contributed by atoms with van der Waals surface area (Å²) in [7, 11) is -1.37. The van der Waals surface area contributed by atoms with E-state index in [0.29, 0.717) is 5.71 Å². The summed E-state index contributed by atoms with van der Waals surface area (Å²) in [6.45, 7) is 18.8. The third-order valence-electron chi connectivity index (χ3n) is 9.85. The van der Waals surface area contributed by atoms with Gasteiger partial charge in [0.2, 0.25) is 5.71 Å². The molecule has 2 aromatic carbocycles. The molecule has 1 saturated carbocycles. The summed E-state index contributed by atoms with van der Waals surface area (Å²) < 4.78 is 6.08. The molecule has 0 amide bonds. The number of furan rings is 1. The van der Waals surface area contributed by atoms with Crippen molar-refractivity contribution in [1.29, 1.82) is 0 Å². The van der Waals surface area contributed by atoms with Crippen LogP contribution in [-0.4, -0.2) is 23.0 Å². The first-order valence-electron chi connectivity index (χ1n) is 17.4. The second-order valence-electron chi connectivity index (χ2n) is 16.2. The fourth-order valence-electron chi connectivity index (χ4n) is 7.21. The number of benzene rings is 2. The zero-order valence-electron chi connectivity index (χ0n) is 30.3. The first-order chi connectivity index (χ1) is 22.8. The Balaban J connectivity index is 0.000000194. The summed E-state index contributed by atoms with van der Waals surface area (Å²) >= 11 is 0. The van der Waals surface area contributed by atoms with Gasteiger partial charge in [-0.15, -0.1) is 54.1 Å². The van der Waals surface area contributed by atoms with E-state index in [4.69, 9.17) is 9.40 Å². The molecular formula is C43H49IrN3OSi-2. The summed E-state index contributed by atoms with van der Waals surface area (Å²) in [5.41, 5.74) is 8.67. The molecule has 4 nitrogen and oxygen atoms in total. The average molecular weight is 844 g/mol. The molecular weight excluding hydrogens is 795 g/mol. The molecule has 49 heavy (non-hydrogen) atoms. The Bertz CT molecular complexity index is 2020. The summed E-state index contributed by atoms with van der Waals surface area (Å²) in [5.74, 6) is 0.739. The van der Waals surface area contributed by atoms with Crippen LogP contribution in [0.5, 0.6) is 0 Å². The molecule has 0 atom stereocenters. The minimum atomic E-state index is -1.37. The quantitative estimate of drug-likeness (QED) is 0.124. The Labute approximate surface area is 307 Å². The minimum absolute atomic E-state index is 0. The molecule has 1 aliphatic rings. The number of hydrogen-bond acceptors (Lipinski definition) is 4. The van der Waals surface area contributed by atoms with E-state index in [-0.39, 0.29) is 30.9 Å². The summed E-state index contributed by atoms with van der Waals surface area (Å²) in [6, 6.07) is 29.4. The van der Waals surface area contributed by atoms with Crippen molar-refractivity contribution in [2.45, 2.75) is 91.8 Å². The Kier molecular flexibility index (Phi) is 11.1. The van der Waals surface area contributed by atoms with Gasteiger partial charge in [0.15, 0.2) is 0 Å². The van der Waals surface area contributed by atoms with Crippen LogP contribution >= 0.6 is 0 Å². The van der Waals surface area contributed by atoms with Gasteiger partial charge >= 0.3 is 0 Å². The second kappa shape index (κ2) is 14.8. The Morgan fingerprint density at radius 3 is 2.27 bits per heavy atom. The summed E-state index contributed by atoms with van der Waals surface area (Å²) in [6.07, 6.45) is 12.2. The first-order valence-corrected chi connectivity index (χ1v) is 20.9. The van der Waals surface area contributed by atoms with Gasteiger partial charge in [-0.05, 0) is 76.3 Å². The standard InChI is InChI=1S/C24H23N2O.C19H26NSi.Ir/c1-24(2,16-7-3-4-8-16)17-12-14-25-21(15-17)20-10-5-9-18-19-11-6-13-26-23(19)27-22(18)20;1-19(2,3)13-16-12-17(15-10-8-7-9-11-15)20-14-18(16)21(4,5)6;/h5-6,9,11-16H,3-4,7-8H2,1-2H3;7-10,12,14H,13H2,1-6H3;/q2*-1;. The van der Waals surface area contributed by atoms with Crippen molar-refractivity contribution in [1.82, 2.24) is 15.0 Å². The van der Waals surface area contributed by atoms with Crippen LogP contribution in [-0.2, 0) is 31.9 Å². The number of hydrogen-bond donors (Lipinski definition) is 0. The van der Waals surface area contributed by atoms with E-state index < -0.39 is 8.07 Å². The van der Waals surface area contributed by atoms with Gasteiger partial charge in [0, 0.05) is 44.1 Å². The summed E-state index contributed by atoms with van der Waals surface area (Å²) in [4.78, 5) is 13.7. The van der Waals surface area contributed by atoms with Crippen LogP contribution in [0.2, 0.25) is 19.6 Å². The smallest absolute Gasteiger partial charge is 0.216 e. The average Bonchev–Trinajstić information content (AvgIpc) is 3.74. The maximum atomic E-state index is 6.08. The predicted octanol–water partition coefficient (Wildman–Crippen LogP) is 11.0. The molecule has 6 aromatic rings. The van der Waals surface area contributed by atoms with Crippen molar-refractivity contribution in [3.05, 3.63) is 109 Å². The van der Waals surface area contributed by atoms with Crippen LogP contribution in [0.15, 0.2) is 89.7 Å². The van der Waals surface area contributed by atoms with Gasteiger partial charge in [-0.2, -0.15) is 0 Å². The molecule has 1 radical (unpaired) electrons. The molecule has 0 spiro atoms. The van der Waals surface area contributed by atoms with Crippen molar-refractivity contribution < 1.29 is 24.5 Å². The van der Waals surface area contributed by atoms with E-state index >= 15 is 0 Å². The SMILES string of the molecule is CC(C)(C)Cc1cc(-c2[c-]cccc2)ncc1[Si](C)(C)C.CC(C)(c1ccnc(-c2[c-]ccc3c2oc2ncccc23)c1)C1CCCC1.[Ir]. The molecule has 4 aromatic heterocycles. The summed E-state index contributed by atoms with van der Waals surface area (Å²) in [5, 5.41) is 3.58. The zero-order valence-corrected chi connectivity index (χ0v) is 33.7. The predicted molar refractivity (Wildman–Crippen MR) is 203 cm³/mol. The van der Waals surface area contributed by atoms with E-state index in [1.54, 1.807) is 6.20 Å². The largest absolute Gasteiger partial charge is 0.486 e. The first kappa shape index (κ1) is 36.8. The molecule has 1 aliphatic carbocycles. The van der Waals surface area contributed by atoms with Crippen LogP contribution in [0.25, 0.3) is 44.6 Å². The molecule has 0 unspecified atom stereocenters. The zero-order chi connectivity index (χ0) is 34.1. The van der Waals surface area contributed by atoms with Crippen molar-refractivity contribution in [2.75, 3.05) is 0 Å². The second-order valence-corrected chi connectivity index (χ2v) is 21.2. The minimum Gasteiger partial charge on any atom is -0.486 e. The van der Waals surface area contributed by atoms with Gasteiger partial charge in [0.25, 0.3) is 0 Å². The van der Waals surface area contributed by atoms with Crippen molar-refractivity contribution in [3.8, 4) is 22.5 Å². The molecule has 4 heterocycles. The molecule has 0 bridgehead atoms. The third kappa shape index (κ3) is 8.31. The molecule has 257 valence electrons. The Morgan fingerprint density at radius 1 is 0.796 bits per heavy atom. The maximum absolute atomic E-state index is 6.08. The third-order valence-corrected chi connectivity index (χ3v) is 11.9. The number of pyridine rings is 3. The van der Waals surface area contributed by atoms with Crippen molar-refractivity contribution in [2.24, 2.45) is 11.3 Å². The molecule has 0 saturated heterocycles. The van der Waals surface area contributed by atoms with Crippen LogP contribution in [0.3, 0.4) is 0 Å². The van der Waals surface area contributed by atoms with Crippen molar-refractivity contribution >= 4 is 35.3 Å². The fraction of sp³-hybridized carbons (Fsp3) is 0.372. The molecule has 6 heteroatoms. The Morgan fingerprint density at radius 2 is 1.57 bits per heavy atom. The Hall–Kier alpha value is -3.44. The molecule has 1 fully saturated rings. The number of nitrogens with zero attached hydrogens (tertiary/aromatic N) is 3. The topological polar surface area (TPSA) is 51.8 Å². The number of fused-ring (bicyclic) bond motifs is 3. The normalized spacial score (nSPS) is 14.0. The molecule has 0 aliphatic heterocycles. The van der Waals surface area contributed by atoms with E-state index in [1.807, 2.05) is 48.7 Å². The molecule has 7 rings (SSSR count). The van der Waals surface area contributed by atoms with E-state index in [0.717, 1.165) is 51.2 Å². The van der Waals surface area contributed by atoms with Gasteiger partial charge in [0.05, 0.1) is 13.7 Å². The number of aromatic nitrogens is 3. The van der Waals surface area contributed by atoms with Gasteiger partial charge in [0.1, 0.15) is 0 Å². The van der Waals surface area contributed by atoms with Gasteiger partial charge in [-0.3, -0.25) is 0 Å². The van der Waals surface area contributed by atoms with Gasteiger partial charge in [-0.25, -0.2) is 4.98 Å². The van der Waals surface area contributed by atoms with Gasteiger partial charge < -0.3 is 14.4 Å². The van der Waals surface area contributed by atoms with Crippen LogP contribution < -0.4 is 5.19 Å². The van der Waals surface area contributed by atoms with E-state index in [1.165, 1.54) is 42.0 Å². The van der Waals surface area contributed by atoms with Crippen LogP contribution in [0.1, 0.15) is 71.4 Å². The van der Waals surface area contributed by atoms with Crippen molar-refractivity contribution in [3.63, 3.8) is 0 Å². The van der Waals surface area contributed by atoms with Crippen LogP contribution in [0.4, 0.5) is 0 Å². The monoisotopic (exact) mass is 844 g/mol. The van der Waals surface area contributed by atoms with Gasteiger partial charge in [-0.1, -0.05) is 95.7 Å². The molecule has 0 N–H and O–H groups in total. The fourth-order valence-corrected chi connectivity index (χ4v) is 8.78. The number of rotatable bonds is 6. The van der Waals surface area contributed by atoms with E-state index in [2.05, 4.69) is 107 Å². The van der Waals surface area contributed by atoms with E-state index in [9.17, 15) is 0 Å². The van der Waals surface area contributed by atoms with Crippen LogP contribution in [0, 0.1) is 23.5 Å². The maximum Gasteiger partial charge on any atom is 0.216 e.